The van der Waals surface area contributed by atoms with Crippen LogP contribution in [0.25, 0.3) is 0 Å². The quantitative estimate of drug-likeness (QED) is 0.579. The van der Waals surface area contributed by atoms with Gasteiger partial charge in [0.05, 0.1) is 0 Å². The van der Waals surface area contributed by atoms with Crippen LogP contribution in [0.5, 0.6) is 0 Å². The Morgan fingerprint density at radius 2 is 2.43 bits per heavy atom. The second-order valence-electron chi connectivity index (χ2n) is 3.59. The van der Waals surface area contributed by atoms with E-state index >= 15 is 0 Å². The Bertz CT molecular complexity index is 328. The van der Waals surface area contributed by atoms with Crippen molar-refractivity contribution in [3.63, 3.8) is 0 Å². The van der Waals surface area contributed by atoms with Crippen molar-refractivity contribution in [2.75, 3.05) is 17.6 Å². The fourth-order valence-electron chi connectivity index (χ4n) is 1.49. The van der Waals surface area contributed by atoms with Gasteiger partial charge in [-0.15, -0.1) is 6.58 Å². The van der Waals surface area contributed by atoms with E-state index < -0.39 is 0 Å². The van der Waals surface area contributed by atoms with Gasteiger partial charge in [-0.25, -0.2) is 0 Å². The number of hydrogen-bond donors (Lipinski definition) is 2. The molecule has 14 heavy (non-hydrogen) atoms. The predicted molar refractivity (Wildman–Crippen MR) is 61.8 cm³/mol. The summed E-state index contributed by atoms with van der Waals surface area (Å²) in [6.07, 6.45) is 5.41. The molecular weight excluding hydrogens is 194 g/mol. The molecule has 1 aromatic heterocycles. The molecule has 76 valence electrons. The second kappa shape index (κ2) is 4.00. The molecule has 0 spiro atoms. The molecule has 0 amide bonds. The number of anilines is 2. The summed E-state index contributed by atoms with van der Waals surface area (Å²) in [4.78, 5) is 0. The van der Waals surface area contributed by atoms with Gasteiger partial charge in [0.1, 0.15) is 10.8 Å². The third-order valence-electron chi connectivity index (χ3n) is 2.38. The summed E-state index contributed by atoms with van der Waals surface area (Å²) < 4.78 is 4.19. The lowest BCUT2D eigenvalue weighted by Crippen LogP contribution is -2.01. The molecule has 0 saturated heterocycles. The number of rotatable bonds is 5. The summed E-state index contributed by atoms with van der Waals surface area (Å²) in [5, 5.41) is 4.52. The number of nitrogens with two attached hydrogens (primary N) is 1. The maximum absolute atomic E-state index is 5.83. The first kappa shape index (κ1) is 9.52. The fraction of sp³-hybridized carbons (Fsp3) is 0.500. The van der Waals surface area contributed by atoms with Gasteiger partial charge in [0.25, 0.3) is 0 Å². The van der Waals surface area contributed by atoms with Gasteiger partial charge in [0.15, 0.2) is 0 Å². The monoisotopic (exact) mass is 209 g/mol. The van der Waals surface area contributed by atoms with Crippen molar-refractivity contribution in [3.8, 4) is 0 Å². The van der Waals surface area contributed by atoms with Gasteiger partial charge in [-0.3, -0.25) is 0 Å². The largest absolute Gasteiger partial charge is 0.383 e. The molecule has 0 aromatic carbocycles. The van der Waals surface area contributed by atoms with Crippen molar-refractivity contribution in [2.45, 2.75) is 25.2 Å². The molecule has 1 fully saturated rings. The van der Waals surface area contributed by atoms with Crippen molar-refractivity contribution in [1.82, 2.24) is 4.37 Å². The third kappa shape index (κ3) is 1.90. The molecule has 0 aliphatic heterocycles. The Balaban J connectivity index is 2.04. The van der Waals surface area contributed by atoms with Crippen LogP contribution in [0.2, 0.25) is 0 Å². The van der Waals surface area contributed by atoms with E-state index in [0.717, 1.165) is 23.8 Å². The summed E-state index contributed by atoms with van der Waals surface area (Å²) in [6.45, 7) is 4.61. The van der Waals surface area contributed by atoms with E-state index in [1.54, 1.807) is 0 Å². The zero-order valence-electron chi connectivity index (χ0n) is 8.12. The molecule has 0 atom stereocenters. The molecule has 0 radical (unpaired) electrons. The Morgan fingerprint density at radius 1 is 1.64 bits per heavy atom. The van der Waals surface area contributed by atoms with Gasteiger partial charge in [-0.1, -0.05) is 6.08 Å². The first-order valence-corrected chi connectivity index (χ1v) is 5.70. The van der Waals surface area contributed by atoms with Crippen LogP contribution >= 0.6 is 11.5 Å². The average molecular weight is 209 g/mol. The van der Waals surface area contributed by atoms with Crippen molar-refractivity contribution < 1.29 is 0 Å². The molecule has 3 nitrogen and oxygen atoms in total. The first-order valence-electron chi connectivity index (χ1n) is 4.92. The fourth-order valence-corrected chi connectivity index (χ4v) is 2.32. The highest BCUT2D eigenvalue weighted by atomic mass is 32.1. The van der Waals surface area contributed by atoms with Crippen molar-refractivity contribution >= 4 is 22.4 Å². The van der Waals surface area contributed by atoms with Gasteiger partial charge in [-0.2, -0.15) is 4.37 Å². The summed E-state index contributed by atoms with van der Waals surface area (Å²) in [5.41, 5.74) is 7.07. The summed E-state index contributed by atoms with van der Waals surface area (Å²) in [7, 11) is 0. The Morgan fingerprint density at radius 3 is 3.07 bits per heavy atom. The molecule has 1 saturated carbocycles. The minimum absolute atomic E-state index is 0.667. The smallest absolute Gasteiger partial charge is 0.142 e. The van der Waals surface area contributed by atoms with Crippen LogP contribution in [0.1, 0.15) is 30.7 Å². The van der Waals surface area contributed by atoms with Crippen molar-refractivity contribution in [1.29, 1.82) is 0 Å². The Kier molecular flexibility index (Phi) is 2.72. The van der Waals surface area contributed by atoms with Crippen LogP contribution < -0.4 is 11.1 Å². The number of nitrogens with one attached hydrogen (secondary N) is 1. The molecule has 2 rings (SSSR count). The van der Waals surface area contributed by atoms with E-state index in [9.17, 15) is 0 Å². The highest BCUT2D eigenvalue weighted by molar-refractivity contribution is 7.10. The van der Waals surface area contributed by atoms with E-state index in [0.29, 0.717) is 5.92 Å². The molecule has 4 heteroatoms. The second-order valence-corrected chi connectivity index (χ2v) is 4.36. The molecule has 0 bridgehead atoms. The first-order chi connectivity index (χ1) is 6.83. The summed E-state index contributed by atoms with van der Waals surface area (Å²) in [5.74, 6) is 1.39. The van der Waals surface area contributed by atoms with Crippen LogP contribution in [0.4, 0.5) is 10.8 Å². The lowest BCUT2D eigenvalue weighted by Gasteiger charge is -2.03. The van der Waals surface area contributed by atoms with E-state index in [1.807, 2.05) is 6.08 Å². The molecule has 1 aromatic rings. The van der Waals surface area contributed by atoms with Crippen molar-refractivity contribution in [2.24, 2.45) is 0 Å². The molecular formula is C10H15N3S. The number of nitrogen functional groups attached to an aromatic ring is 1. The molecule has 1 aliphatic carbocycles. The van der Waals surface area contributed by atoms with Crippen LogP contribution in [0.15, 0.2) is 12.7 Å². The SMILES string of the molecule is C=CCCNc1snc(N)c1C1CC1. The molecule has 0 unspecified atom stereocenters. The van der Waals surface area contributed by atoms with Crippen molar-refractivity contribution in [3.05, 3.63) is 18.2 Å². The van der Waals surface area contributed by atoms with Crippen LogP contribution in [0.3, 0.4) is 0 Å². The normalized spacial score (nSPS) is 15.4. The number of nitrogens with zero attached hydrogens (tertiary/aromatic N) is 1. The minimum Gasteiger partial charge on any atom is -0.383 e. The third-order valence-corrected chi connectivity index (χ3v) is 3.21. The molecule has 1 aliphatic rings. The maximum atomic E-state index is 5.83. The highest BCUT2D eigenvalue weighted by Crippen LogP contribution is 2.47. The van der Waals surface area contributed by atoms with Gasteiger partial charge in [0, 0.05) is 12.1 Å². The maximum Gasteiger partial charge on any atom is 0.142 e. The summed E-state index contributed by atoms with van der Waals surface area (Å²) in [6, 6.07) is 0. The van der Waals surface area contributed by atoms with Gasteiger partial charge in [0.2, 0.25) is 0 Å². The van der Waals surface area contributed by atoms with Gasteiger partial charge < -0.3 is 11.1 Å². The highest BCUT2D eigenvalue weighted by Gasteiger charge is 2.30. The van der Waals surface area contributed by atoms with E-state index in [4.69, 9.17) is 5.73 Å². The van der Waals surface area contributed by atoms with E-state index in [2.05, 4.69) is 16.3 Å². The van der Waals surface area contributed by atoms with Crippen LogP contribution in [0, 0.1) is 0 Å². The zero-order valence-corrected chi connectivity index (χ0v) is 8.94. The minimum atomic E-state index is 0.667. The topological polar surface area (TPSA) is 50.9 Å². The van der Waals surface area contributed by atoms with Crippen LogP contribution in [-0.4, -0.2) is 10.9 Å². The number of aromatic nitrogens is 1. The number of hydrogen-bond acceptors (Lipinski definition) is 4. The zero-order chi connectivity index (χ0) is 9.97. The Labute approximate surface area is 88.2 Å². The summed E-state index contributed by atoms with van der Waals surface area (Å²) >= 11 is 1.47. The standard InChI is InChI=1S/C10H15N3S/c1-2-3-6-12-10-8(7-4-5-7)9(11)13-14-10/h2,7,12H,1,3-6H2,(H2,11,13). The van der Waals surface area contributed by atoms with Crippen LogP contribution in [-0.2, 0) is 0 Å². The lowest BCUT2D eigenvalue weighted by atomic mass is 10.2. The Hall–Kier alpha value is -1.03. The predicted octanol–water partition coefficient (Wildman–Crippen LogP) is 2.59. The lowest BCUT2D eigenvalue weighted by molar-refractivity contribution is 1.06. The van der Waals surface area contributed by atoms with E-state index in [1.165, 1.54) is 29.9 Å². The van der Waals surface area contributed by atoms with E-state index in [-0.39, 0.29) is 0 Å². The van der Waals surface area contributed by atoms with Gasteiger partial charge in [-0.05, 0) is 36.7 Å². The average Bonchev–Trinajstić information content (AvgIpc) is 2.93. The van der Waals surface area contributed by atoms with Gasteiger partial charge >= 0.3 is 0 Å². The molecule has 1 heterocycles. The molecule has 3 N–H and O–H groups in total.